The maximum Gasteiger partial charge on any atom is 0.340 e. The molecule has 0 bridgehead atoms. The molecule has 9 nitrogen and oxygen atoms in total. The Kier molecular flexibility index (Phi) is 6.88. The highest BCUT2D eigenvalue weighted by atomic mass is 32.2. The van der Waals surface area contributed by atoms with Crippen molar-refractivity contribution in [2.45, 2.75) is 18.4 Å². The van der Waals surface area contributed by atoms with Gasteiger partial charge in [-0.05, 0) is 43.3 Å². The first kappa shape index (κ1) is 23.0. The average Bonchev–Trinajstić information content (AvgIpc) is 3.33. The van der Waals surface area contributed by atoms with Crippen molar-refractivity contribution in [1.29, 1.82) is 0 Å². The Morgan fingerprint density at radius 2 is 1.68 bits per heavy atom. The summed E-state index contributed by atoms with van der Waals surface area (Å²) in [6.45, 7) is 2.04. The lowest BCUT2D eigenvalue weighted by atomic mass is 10.2. The van der Waals surface area contributed by atoms with Gasteiger partial charge in [-0.25, -0.2) is 13.2 Å². The van der Waals surface area contributed by atoms with E-state index >= 15 is 0 Å². The van der Waals surface area contributed by atoms with Gasteiger partial charge in [0, 0.05) is 5.56 Å². The summed E-state index contributed by atoms with van der Waals surface area (Å²) in [7, 11) is -3.95. The molecule has 0 fully saturated rings. The number of esters is 1. The molecule has 1 N–H and O–H groups in total. The fourth-order valence-corrected chi connectivity index (χ4v) is 4.14. The van der Waals surface area contributed by atoms with Crippen molar-refractivity contribution in [3.63, 3.8) is 0 Å². The highest BCUT2D eigenvalue weighted by molar-refractivity contribution is 7.92. The number of para-hydroxylation sites is 1. The van der Waals surface area contributed by atoms with Crippen LogP contribution in [0.4, 0.5) is 5.69 Å². The number of nitrogens with zero attached hydrogens (tertiary/aromatic N) is 2. The van der Waals surface area contributed by atoms with Gasteiger partial charge in [0.05, 0.1) is 22.8 Å². The summed E-state index contributed by atoms with van der Waals surface area (Å²) in [5.41, 5.74) is 0.884. The number of anilines is 1. The Morgan fingerprint density at radius 1 is 0.971 bits per heavy atom. The van der Waals surface area contributed by atoms with E-state index in [9.17, 15) is 13.2 Å². The van der Waals surface area contributed by atoms with Crippen LogP contribution in [-0.4, -0.2) is 31.1 Å². The van der Waals surface area contributed by atoms with Gasteiger partial charge in [0.2, 0.25) is 5.82 Å². The molecule has 0 saturated heterocycles. The maximum absolute atomic E-state index is 12.8. The molecule has 174 valence electrons. The van der Waals surface area contributed by atoms with E-state index in [1.807, 2.05) is 37.3 Å². The monoisotopic (exact) mass is 479 g/mol. The van der Waals surface area contributed by atoms with E-state index in [-0.39, 0.29) is 28.6 Å². The number of aromatic nitrogens is 2. The van der Waals surface area contributed by atoms with Gasteiger partial charge in [0.25, 0.3) is 15.9 Å². The highest BCUT2D eigenvalue weighted by Gasteiger charge is 2.20. The number of sulfonamides is 1. The highest BCUT2D eigenvalue weighted by Crippen LogP contribution is 2.23. The predicted octanol–water partition coefficient (Wildman–Crippen LogP) is 4.29. The molecule has 0 aliphatic rings. The molecule has 0 spiro atoms. The number of ether oxygens (including phenoxy) is 2. The molecule has 0 amide bonds. The van der Waals surface area contributed by atoms with Crippen LogP contribution in [0.5, 0.6) is 5.75 Å². The zero-order valence-electron chi connectivity index (χ0n) is 18.2. The lowest BCUT2D eigenvalue weighted by Gasteiger charge is -2.12. The molecule has 10 heteroatoms. The van der Waals surface area contributed by atoms with Crippen molar-refractivity contribution >= 4 is 21.7 Å². The molecule has 34 heavy (non-hydrogen) atoms. The van der Waals surface area contributed by atoms with Crippen molar-refractivity contribution in [2.75, 3.05) is 11.3 Å². The largest absolute Gasteiger partial charge is 0.494 e. The van der Waals surface area contributed by atoms with Crippen LogP contribution in [0.1, 0.15) is 23.2 Å². The molecule has 0 radical (unpaired) electrons. The fourth-order valence-electron chi connectivity index (χ4n) is 3.06. The molecule has 1 heterocycles. The number of nitrogens with one attached hydrogen (secondary N) is 1. The van der Waals surface area contributed by atoms with Crippen molar-refractivity contribution in [3.05, 3.63) is 90.3 Å². The van der Waals surface area contributed by atoms with Gasteiger partial charge in [-0.1, -0.05) is 47.6 Å². The predicted molar refractivity (Wildman–Crippen MR) is 124 cm³/mol. The quantitative estimate of drug-likeness (QED) is 0.353. The summed E-state index contributed by atoms with van der Waals surface area (Å²) in [5, 5.41) is 3.88. The fraction of sp³-hybridized carbons (Fsp3) is 0.125. The maximum atomic E-state index is 12.8. The number of hydrogen-bond acceptors (Lipinski definition) is 8. The van der Waals surface area contributed by atoms with Crippen LogP contribution in [0.2, 0.25) is 0 Å². The zero-order chi connectivity index (χ0) is 24.0. The van der Waals surface area contributed by atoms with E-state index in [1.54, 1.807) is 24.3 Å². The molecule has 0 saturated carbocycles. The van der Waals surface area contributed by atoms with Gasteiger partial charge >= 0.3 is 5.97 Å². The minimum Gasteiger partial charge on any atom is -0.494 e. The van der Waals surface area contributed by atoms with Gasteiger partial charge < -0.3 is 14.0 Å². The van der Waals surface area contributed by atoms with Gasteiger partial charge in [0.1, 0.15) is 5.75 Å². The SMILES string of the molecule is CCOc1ccc(S(=O)(=O)Nc2ccccc2C(=O)OCc2nc(-c3ccccc3)no2)cc1. The number of benzene rings is 3. The van der Waals surface area contributed by atoms with Crippen molar-refractivity contribution in [2.24, 2.45) is 0 Å². The van der Waals surface area contributed by atoms with Gasteiger partial charge in [-0.2, -0.15) is 4.98 Å². The Bertz CT molecular complexity index is 1370. The second-order valence-corrected chi connectivity index (χ2v) is 8.69. The lowest BCUT2D eigenvalue weighted by molar-refractivity contribution is 0.0431. The summed E-state index contributed by atoms with van der Waals surface area (Å²) >= 11 is 0. The van der Waals surface area contributed by atoms with Crippen LogP contribution in [-0.2, 0) is 21.4 Å². The van der Waals surface area contributed by atoms with Crippen molar-refractivity contribution in [3.8, 4) is 17.1 Å². The molecular formula is C24H21N3O6S. The van der Waals surface area contributed by atoms with E-state index in [1.165, 1.54) is 24.3 Å². The molecular weight excluding hydrogens is 458 g/mol. The normalized spacial score (nSPS) is 11.1. The van der Waals surface area contributed by atoms with Gasteiger partial charge in [0.15, 0.2) is 6.61 Å². The smallest absolute Gasteiger partial charge is 0.340 e. The standard InChI is InChI=1S/C24H21N3O6S/c1-2-31-18-12-14-19(15-13-18)34(29,30)27-21-11-7-6-10-20(21)24(28)32-16-22-25-23(26-33-22)17-8-4-3-5-9-17/h3-15,27H,2,16H2,1H3. The van der Waals surface area contributed by atoms with E-state index in [2.05, 4.69) is 14.9 Å². The molecule has 4 rings (SSSR count). The van der Waals surface area contributed by atoms with Crippen LogP contribution in [0.15, 0.2) is 88.3 Å². The molecule has 0 aliphatic heterocycles. The third kappa shape index (κ3) is 5.41. The number of rotatable bonds is 9. The second-order valence-electron chi connectivity index (χ2n) is 7.01. The molecule has 0 aliphatic carbocycles. The Hall–Kier alpha value is -4.18. The van der Waals surface area contributed by atoms with Gasteiger partial charge in [-0.15, -0.1) is 0 Å². The van der Waals surface area contributed by atoms with Crippen LogP contribution in [0, 0.1) is 0 Å². The van der Waals surface area contributed by atoms with Crippen LogP contribution in [0.3, 0.4) is 0 Å². The van der Waals surface area contributed by atoms with Gasteiger partial charge in [-0.3, -0.25) is 4.72 Å². The number of carbonyl (C=O) groups excluding carboxylic acids is 1. The molecule has 0 unspecified atom stereocenters. The van der Waals surface area contributed by atoms with E-state index in [0.717, 1.165) is 5.56 Å². The Labute approximate surface area is 196 Å². The second kappa shape index (κ2) is 10.2. The van der Waals surface area contributed by atoms with E-state index < -0.39 is 16.0 Å². The van der Waals surface area contributed by atoms with Crippen LogP contribution in [0.25, 0.3) is 11.4 Å². The summed E-state index contributed by atoms with van der Waals surface area (Å²) in [6, 6.07) is 21.3. The lowest BCUT2D eigenvalue weighted by Crippen LogP contribution is -2.16. The zero-order valence-corrected chi connectivity index (χ0v) is 19.0. The summed E-state index contributed by atoms with van der Waals surface area (Å²) in [6.07, 6.45) is 0. The molecule has 1 aromatic heterocycles. The first-order valence-electron chi connectivity index (χ1n) is 10.4. The van der Waals surface area contributed by atoms with E-state index in [0.29, 0.717) is 18.2 Å². The average molecular weight is 480 g/mol. The van der Waals surface area contributed by atoms with E-state index in [4.69, 9.17) is 14.0 Å². The minimum absolute atomic E-state index is 0.0263. The first-order chi connectivity index (χ1) is 16.5. The Morgan fingerprint density at radius 3 is 2.41 bits per heavy atom. The first-order valence-corrected chi connectivity index (χ1v) is 11.8. The topological polar surface area (TPSA) is 121 Å². The third-order valence-corrected chi connectivity index (χ3v) is 6.04. The van der Waals surface area contributed by atoms with Crippen molar-refractivity contribution < 1.29 is 27.2 Å². The molecule has 3 aromatic carbocycles. The summed E-state index contributed by atoms with van der Waals surface area (Å²) < 4.78 is 43.8. The van der Waals surface area contributed by atoms with Crippen LogP contribution >= 0.6 is 0 Å². The number of hydrogen-bond donors (Lipinski definition) is 1. The molecule has 0 atom stereocenters. The third-order valence-electron chi connectivity index (χ3n) is 4.66. The van der Waals surface area contributed by atoms with Crippen molar-refractivity contribution in [1.82, 2.24) is 10.1 Å². The summed E-state index contributed by atoms with van der Waals surface area (Å²) in [5.74, 6) is 0.293. The van der Waals surface area contributed by atoms with Crippen LogP contribution < -0.4 is 9.46 Å². The Balaban J connectivity index is 1.45. The summed E-state index contributed by atoms with van der Waals surface area (Å²) in [4.78, 5) is 16.9. The molecule has 4 aromatic rings. The number of carbonyl (C=O) groups is 1. The minimum atomic E-state index is -3.95.